The maximum Gasteiger partial charge on any atom is 0.287 e. The van der Waals surface area contributed by atoms with Gasteiger partial charge < -0.3 is 9.73 Å². The number of carbonyl (C=O) groups excluding carboxylic acids is 3. The van der Waals surface area contributed by atoms with Crippen LogP contribution in [-0.4, -0.2) is 35.7 Å². The first-order valence-corrected chi connectivity index (χ1v) is 6.94. The molecule has 1 aromatic heterocycles. The first-order valence-electron chi connectivity index (χ1n) is 6.56. The number of hydrogen-bond donors (Lipinski definition) is 1. The first-order chi connectivity index (χ1) is 10.6. The van der Waals surface area contributed by atoms with E-state index in [1.54, 1.807) is 24.3 Å². The van der Waals surface area contributed by atoms with Crippen LogP contribution >= 0.6 is 11.6 Å². The van der Waals surface area contributed by atoms with Gasteiger partial charge >= 0.3 is 0 Å². The number of furan rings is 1. The molecule has 2 heterocycles. The van der Waals surface area contributed by atoms with Crippen molar-refractivity contribution in [2.24, 2.45) is 0 Å². The van der Waals surface area contributed by atoms with Crippen molar-refractivity contribution >= 4 is 29.3 Å². The fourth-order valence-electron chi connectivity index (χ4n) is 2.27. The van der Waals surface area contributed by atoms with Crippen molar-refractivity contribution in [1.29, 1.82) is 0 Å². The molecule has 6 nitrogen and oxygen atoms in total. The van der Waals surface area contributed by atoms with Gasteiger partial charge in [0.1, 0.15) is 0 Å². The van der Waals surface area contributed by atoms with Gasteiger partial charge in [-0.15, -0.1) is 0 Å². The Morgan fingerprint density at radius 2 is 2.00 bits per heavy atom. The Morgan fingerprint density at radius 3 is 2.68 bits per heavy atom. The number of fused-ring (bicyclic) bond motifs is 1. The maximum absolute atomic E-state index is 12.2. The van der Waals surface area contributed by atoms with Crippen LogP contribution in [0.3, 0.4) is 0 Å². The van der Waals surface area contributed by atoms with Crippen LogP contribution in [0.2, 0.25) is 5.02 Å². The molecule has 3 amide bonds. The summed E-state index contributed by atoms with van der Waals surface area (Å²) in [4.78, 5) is 37.2. The third-order valence-electron chi connectivity index (χ3n) is 3.31. The van der Waals surface area contributed by atoms with E-state index >= 15 is 0 Å². The number of nitrogens with zero attached hydrogens (tertiary/aromatic N) is 1. The Bertz CT molecular complexity index is 755. The Balaban J connectivity index is 1.65. The molecular weight excluding hydrogens is 308 g/mol. The summed E-state index contributed by atoms with van der Waals surface area (Å²) in [5, 5.41) is 2.83. The second-order valence-corrected chi connectivity index (χ2v) is 5.06. The highest BCUT2D eigenvalue weighted by Crippen LogP contribution is 2.28. The van der Waals surface area contributed by atoms with Crippen molar-refractivity contribution in [3.05, 3.63) is 58.5 Å². The minimum atomic E-state index is -0.446. The van der Waals surface area contributed by atoms with Gasteiger partial charge in [0.2, 0.25) is 0 Å². The smallest absolute Gasteiger partial charge is 0.287 e. The number of halogens is 1. The zero-order valence-corrected chi connectivity index (χ0v) is 12.1. The molecule has 0 aliphatic carbocycles. The third kappa shape index (κ3) is 2.37. The molecule has 1 aromatic carbocycles. The first kappa shape index (κ1) is 14.3. The van der Waals surface area contributed by atoms with Gasteiger partial charge in [-0.1, -0.05) is 17.7 Å². The average Bonchev–Trinajstić information content (AvgIpc) is 3.11. The molecule has 0 saturated carbocycles. The fraction of sp³-hybridized carbons (Fsp3) is 0.133. The van der Waals surface area contributed by atoms with Gasteiger partial charge in [0.25, 0.3) is 17.7 Å². The largest absolute Gasteiger partial charge is 0.459 e. The van der Waals surface area contributed by atoms with Crippen molar-refractivity contribution in [1.82, 2.24) is 10.2 Å². The number of benzene rings is 1. The topological polar surface area (TPSA) is 79.6 Å². The van der Waals surface area contributed by atoms with E-state index in [-0.39, 0.29) is 35.0 Å². The van der Waals surface area contributed by atoms with Crippen LogP contribution in [0.15, 0.2) is 41.0 Å². The summed E-state index contributed by atoms with van der Waals surface area (Å²) in [5.74, 6) is -1.09. The molecule has 0 unspecified atom stereocenters. The summed E-state index contributed by atoms with van der Waals surface area (Å²) in [6, 6.07) is 7.86. The van der Waals surface area contributed by atoms with Crippen LogP contribution in [0, 0.1) is 0 Å². The Kier molecular flexibility index (Phi) is 3.68. The minimum Gasteiger partial charge on any atom is -0.459 e. The third-order valence-corrected chi connectivity index (χ3v) is 3.63. The zero-order chi connectivity index (χ0) is 15.7. The zero-order valence-electron chi connectivity index (χ0n) is 11.3. The van der Waals surface area contributed by atoms with Gasteiger partial charge in [0.05, 0.1) is 22.4 Å². The van der Waals surface area contributed by atoms with Crippen LogP contribution in [-0.2, 0) is 0 Å². The molecule has 0 saturated heterocycles. The SMILES string of the molecule is O=C(NCCN1C(=O)c2cccc(Cl)c2C1=O)c1ccco1. The lowest BCUT2D eigenvalue weighted by Crippen LogP contribution is -2.38. The van der Waals surface area contributed by atoms with E-state index in [2.05, 4.69) is 5.32 Å². The van der Waals surface area contributed by atoms with E-state index in [9.17, 15) is 14.4 Å². The minimum absolute atomic E-state index is 0.0646. The standard InChI is InChI=1S/C15H11ClN2O4/c16-10-4-1-3-9-12(10)15(21)18(14(9)20)7-6-17-13(19)11-5-2-8-22-11/h1-5,8H,6-7H2,(H,17,19). The van der Waals surface area contributed by atoms with Crippen LogP contribution in [0.1, 0.15) is 31.3 Å². The van der Waals surface area contributed by atoms with E-state index in [0.29, 0.717) is 0 Å². The number of carbonyl (C=O) groups is 3. The average molecular weight is 319 g/mol. The number of imide groups is 1. The van der Waals surface area contributed by atoms with E-state index < -0.39 is 17.7 Å². The number of amides is 3. The van der Waals surface area contributed by atoms with Crippen molar-refractivity contribution in [2.45, 2.75) is 0 Å². The van der Waals surface area contributed by atoms with Gasteiger partial charge in [-0.25, -0.2) is 0 Å². The monoisotopic (exact) mass is 318 g/mol. The van der Waals surface area contributed by atoms with Crippen LogP contribution < -0.4 is 5.32 Å². The summed E-state index contributed by atoms with van der Waals surface area (Å²) in [6.45, 7) is 0.192. The van der Waals surface area contributed by atoms with Gasteiger partial charge in [-0.3, -0.25) is 19.3 Å². The summed E-state index contributed by atoms with van der Waals surface area (Å²) < 4.78 is 4.95. The summed E-state index contributed by atoms with van der Waals surface area (Å²) in [6.07, 6.45) is 1.39. The second kappa shape index (κ2) is 5.65. The highest BCUT2D eigenvalue weighted by Gasteiger charge is 2.36. The molecule has 0 fully saturated rings. The summed E-state index contributed by atoms with van der Waals surface area (Å²) in [5.41, 5.74) is 0.501. The van der Waals surface area contributed by atoms with Crippen LogP contribution in [0.4, 0.5) is 0 Å². The predicted molar refractivity (Wildman–Crippen MR) is 77.9 cm³/mol. The van der Waals surface area contributed by atoms with E-state index in [4.69, 9.17) is 16.0 Å². The predicted octanol–water partition coefficient (Wildman–Crippen LogP) is 1.96. The summed E-state index contributed by atoms with van der Waals surface area (Å²) >= 11 is 5.97. The molecule has 22 heavy (non-hydrogen) atoms. The van der Waals surface area contributed by atoms with E-state index in [0.717, 1.165) is 4.90 Å². The number of hydrogen-bond acceptors (Lipinski definition) is 4. The molecule has 1 aliphatic heterocycles. The molecule has 2 aromatic rings. The lowest BCUT2D eigenvalue weighted by molar-refractivity contribution is 0.0649. The number of nitrogens with one attached hydrogen (secondary N) is 1. The van der Waals surface area contributed by atoms with Gasteiger partial charge in [0, 0.05) is 13.1 Å². The van der Waals surface area contributed by atoms with E-state index in [1.165, 1.54) is 12.3 Å². The fourth-order valence-corrected chi connectivity index (χ4v) is 2.53. The molecule has 3 rings (SSSR count). The highest BCUT2D eigenvalue weighted by molar-refractivity contribution is 6.37. The van der Waals surface area contributed by atoms with Crippen molar-refractivity contribution in [3.8, 4) is 0 Å². The quantitative estimate of drug-likeness (QED) is 0.874. The Labute approximate surface area is 130 Å². The van der Waals surface area contributed by atoms with E-state index in [1.807, 2.05) is 0 Å². The Hall–Kier alpha value is -2.60. The van der Waals surface area contributed by atoms with Crippen molar-refractivity contribution in [2.75, 3.05) is 13.1 Å². The molecular formula is C15H11ClN2O4. The lowest BCUT2D eigenvalue weighted by atomic mass is 10.1. The van der Waals surface area contributed by atoms with Crippen LogP contribution in [0.5, 0.6) is 0 Å². The second-order valence-electron chi connectivity index (χ2n) is 4.66. The number of rotatable bonds is 4. The van der Waals surface area contributed by atoms with Crippen molar-refractivity contribution in [3.63, 3.8) is 0 Å². The Morgan fingerprint density at radius 1 is 1.18 bits per heavy atom. The van der Waals surface area contributed by atoms with Gasteiger partial charge in [0.15, 0.2) is 5.76 Å². The molecule has 0 radical (unpaired) electrons. The molecule has 112 valence electrons. The highest BCUT2D eigenvalue weighted by atomic mass is 35.5. The lowest BCUT2D eigenvalue weighted by Gasteiger charge is -2.13. The molecule has 0 atom stereocenters. The molecule has 0 bridgehead atoms. The van der Waals surface area contributed by atoms with Crippen molar-refractivity contribution < 1.29 is 18.8 Å². The maximum atomic E-state index is 12.2. The van der Waals surface area contributed by atoms with Gasteiger partial charge in [-0.05, 0) is 24.3 Å². The summed E-state index contributed by atoms with van der Waals surface area (Å²) in [7, 11) is 0. The molecule has 1 aliphatic rings. The van der Waals surface area contributed by atoms with Crippen LogP contribution in [0.25, 0.3) is 0 Å². The molecule has 7 heteroatoms. The normalized spacial score (nSPS) is 13.4. The molecule has 1 N–H and O–H groups in total. The van der Waals surface area contributed by atoms with Gasteiger partial charge in [-0.2, -0.15) is 0 Å². The molecule has 0 spiro atoms.